The van der Waals surface area contributed by atoms with Crippen LogP contribution >= 0.6 is 0 Å². The highest BCUT2D eigenvalue weighted by molar-refractivity contribution is 5.16. The van der Waals surface area contributed by atoms with E-state index in [4.69, 9.17) is 0 Å². The first-order valence-electron chi connectivity index (χ1n) is 8.22. The first kappa shape index (κ1) is 15.0. The summed E-state index contributed by atoms with van der Waals surface area (Å²) in [5.74, 6) is 0. The fourth-order valence-electron chi connectivity index (χ4n) is 4.10. The monoisotopic (exact) mass is 288 g/mol. The first-order valence-corrected chi connectivity index (χ1v) is 8.22. The van der Waals surface area contributed by atoms with Gasteiger partial charge in [0, 0.05) is 25.2 Å². The molecule has 0 aliphatic carbocycles. The van der Waals surface area contributed by atoms with Crippen molar-refractivity contribution in [3.63, 3.8) is 0 Å². The zero-order chi connectivity index (χ0) is 14.9. The SMILES string of the molecule is CN(C)CCC1(O)CC2CCC(C1)N2Cc1ccccc1. The van der Waals surface area contributed by atoms with Gasteiger partial charge in [-0.3, -0.25) is 4.90 Å². The van der Waals surface area contributed by atoms with E-state index in [1.165, 1.54) is 18.4 Å². The van der Waals surface area contributed by atoms with Crippen LogP contribution in [0.2, 0.25) is 0 Å². The Morgan fingerprint density at radius 3 is 2.33 bits per heavy atom. The van der Waals surface area contributed by atoms with Gasteiger partial charge in [0.15, 0.2) is 0 Å². The third-order valence-corrected chi connectivity index (χ3v) is 5.23. The van der Waals surface area contributed by atoms with Gasteiger partial charge in [-0.15, -0.1) is 0 Å². The molecule has 0 amide bonds. The molecule has 2 heterocycles. The molecule has 2 fully saturated rings. The third kappa shape index (κ3) is 3.47. The van der Waals surface area contributed by atoms with E-state index >= 15 is 0 Å². The van der Waals surface area contributed by atoms with Gasteiger partial charge in [0.2, 0.25) is 0 Å². The molecule has 2 atom stereocenters. The minimum atomic E-state index is -0.441. The first-order chi connectivity index (χ1) is 10.1. The average molecular weight is 288 g/mol. The van der Waals surface area contributed by atoms with E-state index in [2.05, 4.69) is 54.2 Å². The second-order valence-corrected chi connectivity index (χ2v) is 7.23. The summed E-state index contributed by atoms with van der Waals surface area (Å²) in [6.07, 6.45) is 5.31. The molecule has 0 spiro atoms. The smallest absolute Gasteiger partial charge is 0.0689 e. The van der Waals surface area contributed by atoms with Crippen molar-refractivity contribution in [2.75, 3.05) is 20.6 Å². The maximum Gasteiger partial charge on any atom is 0.0689 e. The van der Waals surface area contributed by atoms with Crippen LogP contribution in [0.5, 0.6) is 0 Å². The Kier molecular flexibility index (Phi) is 4.34. The van der Waals surface area contributed by atoms with Crippen molar-refractivity contribution in [3.8, 4) is 0 Å². The summed E-state index contributed by atoms with van der Waals surface area (Å²) in [7, 11) is 4.17. The zero-order valence-corrected chi connectivity index (χ0v) is 13.3. The Morgan fingerprint density at radius 2 is 1.76 bits per heavy atom. The van der Waals surface area contributed by atoms with Crippen molar-refractivity contribution in [1.29, 1.82) is 0 Å². The van der Waals surface area contributed by atoms with Gasteiger partial charge < -0.3 is 10.0 Å². The molecule has 0 radical (unpaired) electrons. The zero-order valence-electron chi connectivity index (χ0n) is 13.3. The molecule has 2 unspecified atom stereocenters. The Morgan fingerprint density at radius 1 is 1.14 bits per heavy atom. The minimum Gasteiger partial charge on any atom is -0.390 e. The lowest BCUT2D eigenvalue weighted by atomic mass is 9.83. The highest BCUT2D eigenvalue weighted by Gasteiger charge is 2.46. The lowest BCUT2D eigenvalue weighted by Crippen LogP contribution is -2.51. The molecule has 3 rings (SSSR count). The topological polar surface area (TPSA) is 26.7 Å². The number of benzene rings is 1. The van der Waals surface area contributed by atoms with Crippen LogP contribution in [-0.4, -0.2) is 53.2 Å². The molecule has 0 aromatic heterocycles. The van der Waals surface area contributed by atoms with E-state index in [9.17, 15) is 5.11 Å². The van der Waals surface area contributed by atoms with E-state index in [0.717, 1.165) is 32.4 Å². The number of fused-ring (bicyclic) bond motifs is 2. The summed E-state index contributed by atoms with van der Waals surface area (Å²) in [4.78, 5) is 4.82. The summed E-state index contributed by atoms with van der Waals surface area (Å²) in [6.45, 7) is 2.02. The molecule has 3 heteroatoms. The lowest BCUT2D eigenvalue weighted by Gasteiger charge is -2.44. The Labute approximate surface area is 128 Å². The Balaban J connectivity index is 1.64. The van der Waals surface area contributed by atoms with Crippen LogP contribution in [0.4, 0.5) is 0 Å². The molecular weight excluding hydrogens is 260 g/mol. The van der Waals surface area contributed by atoms with E-state index in [1.807, 2.05) is 0 Å². The summed E-state index contributed by atoms with van der Waals surface area (Å²) in [5, 5.41) is 10.9. The van der Waals surface area contributed by atoms with E-state index in [1.54, 1.807) is 0 Å². The second kappa shape index (κ2) is 6.07. The van der Waals surface area contributed by atoms with Crippen LogP contribution in [0.1, 0.15) is 37.7 Å². The Hall–Kier alpha value is -0.900. The Bertz CT molecular complexity index is 446. The van der Waals surface area contributed by atoms with Crippen LogP contribution in [0.25, 0.3) is 0 Å². The van der Waals surface area contributed by atoms with Crippen molar-refractivity contribution < 1.29 is 5.11 Å². The molecular formula is C18H28N2O. The molecule has 21 heavy (non-hydrogen) atoms. The van der Waals surface area contributed by atoms with E-state index < -0.39 is 5.60 Å². The number of aliphatic hydroxyl groups is 1. The summed E-state index contributed by atoms with van der Waals surface area (Å²) >= 11 is 0. The van der Waals surface area contributed by atoms with Crippen LogP contribution in [0.15, 0.2) is 30.3 Å². The molecule has 1 N–H and O–H groups in total. The highest BCUT2D eigenvalue weighted by Crippen LogP contribution is 2.42. The number of piperidine rings is 1. The van der Waals surface area contributed by atoms with Crippen molar-refractivity contribution >= 4 is 0 Å². The molecule has 2 aliphatic rings. The van der Waals surface area contributed by atoms with Gasteiger partial charge in [-0.1, -0.05) is 30.3 Å². The normalized spacial score (nSPS) is 32.8. The maximum atomic E-state index is 10.9. The molecule has 3 nitrogen and oxygen atoms in total. The van der Waals surface area contributed by atoms with E-state index in [0.29, 0.717) is 12.1 Å². The second-order valence-electron chi connectivity index (χ2n) is 7.23. The van der Waals surface area contributed by atoms with E-state index in [-0.39, 0.29) is 0 Å². The van der Waals surface area contributed by atoms with Gasteiger partial charge in [0.25, 0.3) is 0 Å². The summed E-state index contributed by atoms with van der Waals surface area (Å²) < 4.78 is 0. The number of rotatable bonds is 5. The maximum absolute atomic E-state index is 10.9. The molecule has 1 aromatic carbocycles. The largest absolute Gasteiger partial charge is 0.390 e. The van der Waals surface area contributed by atoms with Gasteiger partial charge in [-0.05, 0) is 51.8 Å². The van der Waals surface area contributed by atoms with Crippen LogP contribution in [0, 0.1) is 0 Å². The average Bonchev–Trinajstić information content (AvgIpc) is 2.71. The molecule has 116 valence electrons. The molecule has 2 saturated heterocycles. The highest BCUT2D eigenvalue weighted by atomic mass is 16.3. The van der Waals surface area contributed by atoms with Crippen molar-refractivity contribution in [2.45, 2.75) is 56.3 Å². The number of hydrogen-bond acceptors (Lipinski definition) is 3. The van der Waals surface area contributed by atoms with Crippen molar-refractivity contribution in [3.05, 3.63) is 35.9 Å². The van der Waals surface area contributed by atoms with Gasteiger partial charge in [0.05, 0.1) is 5.60 Å². The van der Waals surface area contributed by atoms with Gasteiger partial charge in [-0.25, -0.2) is 0 Å². The fraction of sp³-hybridized carbons (Fsp3) is 0.667. The lowest BCUT2D eigenvalue weighted by molar-refractivity contribution is -0.0624. The number of hydrogen-bond donors (Lipinski definition) is 1. The van der Waals surface area contributed by atoms with Gasteiger partial charge in [0.1, 0.15) is 0 Å². The van der Waals surface area contributed by atoms with Gasteiger partial charge >= 0.3 is 0 Å². The summed E-state index contributed by atoms with van der Waals surface area (Å²) in [5.41, 5.74) is 0.955. The molecule has 0 saturated carbocycles. The minimum absolute atomic E-state index is 0.441. The van der Waals surface area contributed by atoms with Crippen LogP contribution in [-0.2, 0) is 6.54 Å². The molecule has 2 bridgehead atoms. The predicted octanol–water partition coefficient (Wildman–Crippen LogP) is 2.50. The predicted molar refractivity (Wildman–Crippen MR) is 86.1 cm³/mol. The van der Waals surface area contributed by atoms with Crippen LogP contribution in [0.3, 0.4) is 0 Å². The summed E-state index contributed by atoms with van der Waals surface area (Å²) in [6, 6.07) is 11.9. The third-order valence-electron chi connectivity index (χ3n) is 5.23. The van der Waals surface area contributed by atoms with Crippen molar-refractivity contribution in [2.24, 2.45) is 0 Å². The quantitative estimate of drug-likeness (QED) is 0.902. The molecule has 2 aliphatic heterocycles. The van der Waals surface area contributed by atoms with Crippen molar-refractivity contribution in [1.82, 2.24) is 9.80 Å². The number of nitrogens with zero attached hydrogens (tertiary/aromatic N) is 2. The molecule has 1 aromatic rings. The van der Waals surface area contributed by atoms with Gasteiger partial charge in [-0.2, -0.15) is 0 Å². The fourth-order valence-corrected chi connectivity index (χ4v) is 4.10. The standard InChI is InChI=1S/C18H28N2O/c1-19(2)11-10-18(21)12-16-8-9-17(13-18)20(16)14-15-6-4-3-5-7-15/h3-7,16-17,21H,8-14H2,1-2H3. The van der Waals surface area contributed by atoms with Crippen LogP contribution < -0.4 is 0 Å².